The maximum absolute atomic E-state index is 12.4. The lowest BCUT2D eigenvalue weighted by atomic mass is 10.1. The van der Waals surface area contributed by atoms with Crippen LogP contribution in [0.3, 0.4) is 0 Å². The molecule has 1 unspecified atom stereocenters. The summed E-state index contributed by atoms with van der Waals surface area (Å²) in [5, 5.41) is 0. The second kappa shape index (κ2) is 6.67. The van der Waals surface area contributed by atoms with Crippen molar-refractivity contribution < 1.29 is 13.2 Å². The first-order valence-corrected chi connectivity index (χ1v) is 8.48. The number of rotatable bonds is 6. The number of nitrogens with one attached hydrogen (secondary N) is 1. The summed E-state index contributed by atoms with van der Waals surface area (Å²) in [5.41, 5.74) is 7.22. The molecule has 0 bridgehead atoms. The van der Waals surface area contributed by atoms with Gasteiger partial charge in [0.25, 0.3) is 0 Å². The van der Waals surface area contributed by atoms with Gasteiger partial charge in [-0.3, -0.25) is 0 Å². The molecule has 1 aliphatic heterocycles. The molecule has 1 aromatic carbocycles. The van der Waals surface area contributed by atoms with E-state index in [2.05, 4.69) is 4.72 Å². The lowest BCUT2D eigenvalue weighted by Gasteiger charge is -2.14. The third-order valence-electron chi connectivity index (χ3n) is 3.56. The largest absolute Gasteiger partial charge is 0.377 e. The highest BCUT2D eigenvalue weighted by molar-refractivity contribution is 7.89. The Hall–Kier alpha value is -0.950. The van der Waals surface area contributed by atoms with Crippen LogP contribution in [0.5, 0.6) is 0 Å². The second-order valence-electron chi connectivity index (χ2n) is 4.99. The van der Waals surface area contributed by atoms with Crippen LogP contribution in [-0.4, -0.2) is 27.7 Å². The highest BCUT2D eigenvalue weighted by Gasteiger charge is 2.22. The predicted molar refractivity (Wildman–Crippen MR) is 77.9 cm³/mol. The van der Waals surface area contributed by atoms with E-state index in [4.69, 9.17) is 10.5 Å². The van der Waals surface area contributed by atoms with Crippen molar-refractivity contribution in [2.45, 2.75) is 43.7 Å². The van der Waals surface area contributed by atoms with Gasteiger partial charge in [-0.15, -0.1) is 0 Å². The van der Waals surface area contributed by atoms with Crippen LogP contribution in [0.2, 0.25) is 0 Å². The molecular weight excluding hydrogens is 276 g/mol. The van der Waals surface area contributed by atoms with E-state index in [-0.39, 0.29) is 6.10 Å². The smallest absolute Gasteiger partial charge is 0.240 e. The Balaban J connectivity index is 2.18. The summed E-state index contributed by atoms with van der Waals surface area (Å²) in [6.07, 6.45) is 2.56. The van der Waals surface area contributed by atoms with Crippen molar-refractivity contribution in [3.05, 3.63) is 29.3 Å². The zero-order valence-corrected chi connectivity index (χ0v) is 12.6. The molecule has 3 N–H and O–H groups in total. The second-order valence-corrected chi connectivity index (χ2v) is 6.72. The Kier molecular flexibility index (Phi) is 5.15. The lowest BCUT2D eigenvalue weighted by Crippen LogP contribution is -2.32. The summed E-state index contributed by atoms with van der Waals surface area (Å²) in [7, 11) is -3.51. The zero-order chi connectivity index (χ0) is 14.6. The minimum Gasteiger partial charge on any atom is -0.377 e. The maximum Gasteiger partial charge on any atom is 0.240 e. The summed E-state index contributed by atoms with van der Waals surface area (Å²) >= 11 is 0. The Morgan fingerprint density at radius 1 is 1.45 bits per heavy atom. The number of sulfonamides is 1. The molecule has 1 atom stereocenters. The molecule has 0 radical (unpaired) electrons. The summed E-state index contributed by atoms with van der Waals surface area (Å²) in [6.45, 7) is 3.32. The van der Waals surface area contributed by atoms with Gasteiger partial charge in [0.15, 0.2) is 0 Å². The molecule has 1 aromatic rings. The minimum atomic E-state index is -3.51. The molecule has 0 aromatic heterocycles. The van der Waals surface area contributed by atoms with E-state index in [0.717, 1.165) is 30.6 Å². The number of aryl methyl sites for hydroxylation is 1. The van der Waals surface area contributed by atoms with E-state index in [1.807, 2.05) is 19.1 Å². The van der Waals surface area contributed by atoms with Crippen molar-refractivity contribution in [3.63, 3.8) is 0 Å². The Morgan fingerprint density at radius 3 is 2.85 bits per heavy atom. The zero-order valence-electron chi connectivity index (χ0n) is 11.8. The van der Waals surface area contributed by atoms with Crippen LogP contribution >= 0.6 is 0 Å². The first-order valence-electron chi connectivity index (χ1n) is 7.00. The lowest BCUT2D eigenvalue weighted by molar-refractivity contribution is 0.114. The molecule has 1 fully saturated rings. The van der Waals surface area contributed by atoms with Crippen LogP contribution < -0.4 is 10.5 Å². The maximum atomic E-state index is 12.4. The van der Waals surface area contributed by atoms with Crippen LogP contribution in [0, 0.1) is 0 Å². The highest BCUT2D eigenvalue weighted by Crippen LogP contribution is 2.19. The van der Waals surface area contributed by atoms with Gasteiger partial charge in [0.2, 0.25) is 10.0 Å². The molecule has 1 aliphatic rings. The van der Waals surface area contributed by atoms with Gasteiger partial charge in [-0.25, -0.2) is 13.1 Å². The van der Waals surface area contributed by atoms with Crippen molar-refractivity contribution in [2.24, 2.45) is 5.73 Å². The molecule has 0 saturated carbocycles. The van der Waals surface area contributed by atoms with E-state index >= 15 is 0 Å². The van der Waals surface area contributed by atoms with E-state index < -0.39 is 10.0 Å². The van der Waals surface area contributed by atoms with Crippen LogP contribution in [-0.2, 0) is 27.7 Å². The third kappa shape index (κ3) is 3.58. The SMILES string of the molecule is CCc1ccc(CN)cc1S(=O)(=O)NCC1CCCO1. The molecule has 5 nitrogen and oxygen atoms in total. The molecule has 0 spiro atoms. The molecule has 1 heterocycles. The number of benzene rings is 1. The minimum absolute atomic E-state index is 0.00690. The number of nitrogens with two attached hydrogens (primary N) is 1. The molecule has 20 heavy (non-hydrogen) atoms. The van der Waals surface area contributed by atoms with Crippen molar-refractivity contribution in [3.8, 4) is 0 Å². The van der Waals surface area contributed by atoms with Crippen LogP contribution in [0.1, 0.15) is 30.9 Å². The molecule has 6 heteroatoms. The third-order valence-corrected chi connectivity index (χ3v) is 5.07. The summed E-state index contributed by atoms with van der Waals surface area (Å²) < 4.78 is 32.9. The summed E-state index contributed by atoms with van der Waals surface area (Å²) in [4.78, 5) is 0.334. The Morgan fingerprint density at radius 2 is 2.25 bits per heavy atom. The van der Waals surface area contributed by atoms with Gasteiger partial charge in [0, 0.05) is 19.7 Å². The molecule has 112 valence electrons. The van der Waals surface area contributed by atoms with Crippen LogP contribution in [0.25, 0.3) is 0 Å². The van der Waals surface area contributed by atoms with E-state index in [1.165, 1.54) is 0 Å². The van der Waals surface area contributed by atoms with Gasteiger partial charge in [0.1, 0.15) is 0 Å². The predicted octanol–water partition coefficient (Wildman–Crippen LogP) is 1.17. The number of hydrogen-bond acceptors (Lipinski definition) is 4. The fourth-order valence-electron chi connectivity index (χ4n) is 2.35. The van der Waals surface area contributed by atoms with E-state index in [9.17, 15) is 8.42 Å². The molecule has 0 amide bonds. The van der Waals surface area contributed by atoms with Crippen molar-refractivity contribution in [1.29, 1.82) is 0 Å². The normalized spacial score (nSPS) is 19.4. The standard InChI is InChI=1S/C14H22N2O3S/c1-2-12-6-5-11(9-15)8-14(12)20(17,18)16-10-13-4-3-7-19-13/h5-6,8,13,16H,2-4,7,9-10,15H2,1H3. The molecule has 2 rings (SSSR count). The summed E-state index contributed by atoms with van der Waals surface area (Å²) in [6, 6.07) is 5.37. The summed E-state index contributed by atoms with van der Waals surface area (Å²) in [5.74, 6) is 0. The van der Waals surface area contributed by atoms with Gasteiger partial charge in [-0.05, 0) is 36.5 Å². The van der Waals surface area contributed by atoms with Crippen molar-refractivity contribution in [1.82, 2.24) is 4.72 Å². The van der Waals surface area contributed by atoms with Gasteiger partial charge in [-0.1, -0.05) is 19.1 Å². The Labute approximate surface area is 120 Å². The van der Waals surface area contributed by atoms with Crippen molar-refractivity contribution >= 4 is 10.0 Å². The molecule has 1 saturated heterocycles. The highest BCUT2D eigenvalue weighted by atomic mass is 32.2. The van der Waals surface area contributed by atoms with Gasteiger partial charge in [0.05, 0.1) is 11.0 Å². The average Bonchev–Trinajstić information content (AvgIpc) is 2.98. The van der Waals surface area contributed by atoms with E-state index in [0.29, 0.717) is 24.4 Å². The van der Waals surface area contributed by atoms with Gasteiger partial charge in [-0.2, -0.15) is 0 Å². The first kappa shape index (κ1) is 15.4. The fraction of sp³-hybridized carbons (Fsp3) is 0.571. The van der Waals surface area contributed by atoms with Crippen LogP contribution in [0.15, 0.2) is 23.1 Å². The van der Waals surface area contributed by atoms with Crippen LogP contribution in [0.4, 0.5) is 0 Å². The van der Waals surface area contributed by atoms with Gasteiger partial charge < -0.3 is 10.5 Å². The number of ether oxygens (including phenoxy) is 1. The topological polar surface area (TPSA) is 81.4 Å². The first-order chi connectivity index (χ1) is 9.56. The van der Waals surface area contributed by atoms with E-state index in [1.54, 1.807) is 6.07 Å². The quantitative estimate of drug-likeness (QED) is 0.826. The molecular formula is C14H22N2O3S. The average molecular weight is 298 g/mol. The Bertz CT molecular complexity index is 552. The van der Waals surface area contributed by atoms with Gasteiger partial charge >= 0.3 is 0 Å². The number of hydrogen-bond donors (Lipinski definition) is 2. The fourth-order valence-corrected chi connectivity index (χ4v) is 3.78. The molecule has 0 aliphatic carbocycles. The monoisotopic (exact) mass is 298 g/mol. The van der Waals surface area contributed by atoms with Crippen molar-refractivity contribution in [2.75, 3.05) is 13.2 Å².